The molecule has 16 nitrogen and oxygen atoms in total. The topological polar surface area (TPSA) is 242 Å². The maximum absolute atomic E-state index is 13.1. The van der Waals surface area contributed by atoms with Crippen molar-refractivity contribution in [1.82, 2.24) is 9.55 Å². The first-order valence-corrected chi connectivity index (χ1v) is 17.4. The number of carbonyl (C=O) groups excluding carboxylic acids is 3. The van der Waals surface area contributed by atoms with E-state index < -0.39 is 90.4 Å². The van der Waals surface area contributed by atoms with Crippen LogP contribution in [0.4, 0.5) is 5.69 Å². The molecule has 2 aromatic rings. The highest BCUT2D eigenvalue weighted by Crippen LogP contribution is 2.39. The van der Waals surface area contributed by atoms with Gasteiger partial charge in [0.2, 0.25) is 12.2 Å². The molecule has 8 atom stereocenters. The summed E-state index contributed by atoms with van der Waals surface area (Å²) < 4.78 is 24.1. The van der Waals surface area contributed by atoms with Crippen LogP contribution in [0.5, 0.6) is 0 Å². The van der Waals surface area contributed by atoms with Crippen LogP contribution in [0.3, 0.4) is 0 Å². The summed E-state index contributed by atoms with van der Waals surface area (Å²) >= 11 is 0. The molecule has 0 aliphatic carbocycles. The molecule has 16 heteroatoms. The van der Waals surface area contributed by atoms with Crippen LogP contribution < -0.4 is 22.3 Å². The van der Waals surface area contributed by atoms with E-state index >= 15 is 0 Å². The van der Waals surface area contributed by atoms with Crippen molar-refractivity contribution in [2.45, 2.75) is 114 Å². The Morgan fingerprint density at radius 1 is 1.00 bits per heavy atom. The summed E-state index contributed by atoms with van der Waals surface area (Å²) in [7, 11) is 0. The Kier molecular flexibility index (Phi) is 14.9. The molecule has 2 aliphatic heterocycles. The first-order valence-electron chi connectivity index (χ1n) is 17.4. The predicted molar refractivity (Wildman–Crippen MR) is 182 cm³/mol. The number of amides is 2. The summed E-state index contributed by atoms with van der Waals surface area (Å²) in [5, 5.41) is 34.3. The van der Waals surface area contributed by atoms with Crippen molar-refractivity contribution >= 4 is 23.5 Å². The number of rotatable bonds is 19. The van der Waals surface area contributed by atoms with Crippen molar-refractivity contribution in [2.24, 2.45) is 11.7 Å². The quantitative estimate of drug-likeness (QED) is 0.0892. The number of aliphatic hydroxyl groups excluding tert-OH is 3. The average molecular weight is 717 g/mol. The standard InChI is InChI=1S/C35H48N4O12/c1-2-3-4-5-6-7-8-9-13-16-26(43)49-29-22(20-40)28(50-33(29)39-18-17-25(42)38-35(39)47)30(31(36)45)51-34-27(44)23(41)19-24(48-34)32(46)37-21-14-11-10-12-15-21/h10-12,14-15,17-19,22-23,27-30,33-34,40-41,44H,2-9,13,16,20H2,1H3,(H2,36,45)(H,37,46)(H,38,42,47)/t22-,23+,27+,28+,29-,30-,33-,34-/m1/s1. The molecule has 0 unspecified atom stereocenters. The van der Waals surface area contributed by atoms with E-state index in [1.54, 1.807) is 30.3 Å². The normalized spacial score (nSPS) is 25.0. The molecule has 0 spiro atoms. The number of H-pyrrole nitrogens is 1. The summed E-state index contributed by atoms with van der Waals surface area (Å²) in [6, 6.07) is 9.37. The molecule has 3 heterocycles. The highest BCUT2D eigenvalue weighted by molar-refractivity contribution is 6.02. The molecule has 1 aromatic heterocycles. The maximum atomic E-state index is 13.1. The number of hydrogen-bond donors (Lipinski definition) is 6. The maximum Gasteiger partial charge on any atom is 0.330 e. The van der Waals surface area contributed by atoms with Crippen LogP contribution in [-0.4, -0.2) is 86.1 Å². The van der Waals surface area contributed by atoms with Crippen molar-refractivity contribution in [3.05, 3.63) is 75.3 Å². The fourth-order valence-electron chi connectivity index (χ4n) is 6.08. The lowest BCUT2D eigenvalue weighted by Gasteiger charge is -2.35. The molecule has 1 saturated heterocycles. The van der Waals surface area contributed by atoms with Crippen LogP contribution in [0, 0.1) is 5.92 Å². The van der Waals surface area contributed by atoms with E-state index in [-0.39, 0.29) is 6.42 Å². The van der Waals surface area contributed by atoms with E-state index in [0.717, 1.165) is 48.6 Å². The Labute approximate surface area is 294 Å². The number of aliphatic hydroxyl groups is 3. The minimum Gasteiger partial charge on any atom is -0.457 e. The molecule has 0 bridgehead atoms. The van der Waals surface area contributed by atoms with E-state index in [1.165, 1.54) is 25.7 Å². The fraction of sp³-hybridized carbons (Fsp3) is 0.571. The van der Waals surface area contributed by atoms with E-state index in [0.29, 0.717) is 12.1 Å². The molecular weight excluding hydrogens is 668 g/mol. The minimum absolute atomic E-state index is 0.0400. The molecule has 0 saturated carbocycles. The van der Waals surface area contributed by atoms with Crippen LogP contribution in [0.25, 0.3) is 0 Å². The number of primary amides is 1. The average Bonchev–Trinajstić information content (AvgIpc) is 3.45. The van der Waals surface area contributed by atoms with Gasteiger partial charge >= 0.3 is 11.7 Å². The number of esters is 1. The smallest absolute Gasteiger partial charge is 0.330 e. The SMILES string of the molecule is CCCCCCCCCCCC(=O)O[C@@H]1[C@H](CO)[C@@H]([C@@H](O[C@H]2OC(C(=O)Nc3ccccc3)=C[C@H](O)[C@@H]2O)C(N)=O)O[C@H]1n1ccc(=O)[nH]c1=O. The molecule has 0 radical (unpaired) electrons. The Bertz CT molecular complexity index is 1590. The number of nitrogens with one attached hydrogen (secondary N) is 2. The molecule has 2 amide bonds. The Hall–Kier alpha value is -4.35. The second kappa shape index (κ2) is 19.3. The third kappa shape index (κ3) is 10.8. The lowest BCUT2D eigenvalue weighted by atomic mass is 9.94. The Morgan fingerprint density at radius 2 is 1.67 bits per heavy atom. The highest BCUT2D eigenvalue weighted by Gasteiger charge is 2.54. The number of aromatic amines is 1. The van der Waals surface area contributed by atoms with Gasteiger partial charge in [-0.05, 0) is 24.6 Å². The van der Waals surface area contributed by atoms with Gasteiger partial charge in [-0.25, -0.2) is 4.79 Å². The number of hydrogen-bond acceptors (Lipinski definition) is 12. The number of nitrogens with zero attached hydrogens (tertiary/aromatic N) is 1. The van der Waals surface area contributed by atoms with E-state index in [2.05, 4.69) is 17.2 Å². The van der Waals surface area contributed by atoms with Crippen LogP contribution in [-0.2, 0) is 33.3 Å². The van der Waals surface area contributed by atoms with Crippen molar-refractivity contribution in [3.63, 3.8) is 0 Å². The Morgan fingerprint density at radius 3 is 2.29 bits per heavy atom. The van der Waals surface area contributed by atoms with Gasteiger partial charge in [-0.1, -0.05) is 76.5 Å². The second-order valence-electron chi connectivity index (χ2n) is 12.7. The fourth-order valence-corrected chi connectivity index (χ4v) is 6.08. The van der Waals surface area contributed by atoms with Crippen LogP contribution in [0.15, 0.2) is 64.0 Å². The number of nitrogens with two attached hydrogens (primary N) is 1. The lowest BCUT2D eigenvalue weighted by Crippen LogP contribution is -2.53. The van der Waals surface area contributed by atoms with Gasteiger partial charge < -0.3 is 45.3 Å². The molecule has 280 valence electrons. The first kappa shape index (κ1) is 39.4. The molecule has 2 aliphatic rings. The molecular formula is C35H48N4O12. The molecule has 1 aromatic carbocycles. The van der Waals surface area contributed by atoms with Gasteiger partial charge in [0.1, 0.15) is 18.3 Å². The molecule has 7 N–H and O–H groups in total. The van der Waals surface area contributed by atoms with Crippen LogP contribution in [0.1, 0.15) is 77.4 Å². The summed E-state index contributed by atoms with van der Waals surface area (Å²) in [6.45, 7) is 1.42. The highest BCUT2D eigenvalue weighted by atomic mass is 16.7. The van der Waals surface area contributed by atoms with Gasteiger partial charge in [0.05, 0.1) is 12.5 Å². The van der Waals surface area contributed by atoms with Gasteiger partial charge in [0, 0.05) is 24.4 Å². The van der Waals surface area contributed by atoms with Crippen molar-refractivity contribution in [1.29, 1.82) is 0 Å². The minimum atomic E-state index is -1.84. The van der Waals surface area contributed by atoms with Gasteiger partial charge in [-0.15, -0.1) is 0 Å². The Balaban J connectivity index is 1.49. The predicted octanol–water partition coefficient (Wildman–Crippen LogP) is 1.35. The third-order valence-electron chi connectivity index (χ3n) is 8.82. The van der Waals surface area contributed by atoms with Gasteiger partial charge in [0.15, 0.2) is 24.2 Å². The summed E-state index contributed by atoms with van der Waals surface area (Å²) in [6.07, 6.45) is -0.128. The van der Waals surface area contributed by atoms with Gasteiger partial charge in [-0.2, -0.15) is 0 Å². The van der Waals surface area contributed by atoms with Crippen molar-refractivity contribution < 1.29 is 48.7 Å². The number of benzene rings is 1. The van der Waals surface area contributed by atoms with Gasteiger partial charge in [0.25, 0.3) is 11.5 Å². The van der Waals surface area contributed by atoms with Gasteiger partial charge in [-0.3, -0.25) is 28.7 Å². The first-order chi connectivity index (χ1) is 24.5. The number of ether oxygens (including phenoxy) is 4. The van der Waals surface area contributed by atoms with E-state index in [9.17, 15) is 39.3 Å². The van der Waals surface area contributed by atoms with Crippen molar-refractivity contribution in [2.75, 3.05) is 11.9 Å². The monoisotopic (exact) mass is 716 g/mol. The number of unbranched alkanes of at least 4 members (excludes halogenated alkanes) is 8. The van der Waals surface area contributed by atoms with Crippen LogP contribution in [0.2, 0.25) is 0 Å². The van der Waals surface area contributed by atoms with E-state index in [1.807, 2.05) is 0 Å². The summed E-state index contributed by atoms with van der Waals surface area (Å²) in [4.78, 5) is 65.6. The summed E-state index contributed by atoms with van der Waals surface area (Å²) in [5.41, 5.74) is 4.49. The second-order valence-corrected chi connectivity index (χ2v) is 12.7. The third-order valence-corrected chi connectivity index (χ3v) is 8.82. The van der Waals surface area contributed by atoms with Crippen LogP contribution >= 0.6 is 0 Å². The lowest BCUT2D eigenvalue weighted by molar-refractivity contribution is -0.239. The zero-order valence-corrected chi connectivity index (χ0v) is 28.6. The molecule has 4 rings (SSSR count). The number of anilines is 1. The van der Waals surface area contributed by atoms with Crippen molar-refractivity contribution in [3.8, 4) is 0 Å². The molecule has 1 fully saturated rings. The van der Waals surface area contributed by atoms with E-state index in [4.69, 9.17) is 24.7 Å². The molecule has 51 heavy (non-hydrogen) atoms. The zero-order valence-electron chi connectivity index (χ0n) is 28.6. The summed E-state index contributed by atoms with van der Waals surface area (Å²) in [5.74, 6) is -4.25. The number of carbonyl (C=O) groups is 3. The number of aromatic nitrogens is 2. The zero-order chi connectivity index (χ0) is 36.9. The largest absolute Gasteiger partial charge is 0.457 e. The number of para-hydroxylation sites is 1.